The second kappa shape index (κ2) is 5.63. The van der Waals surface area contributed by atoms with Gasteiger partial charge in [-0.2, -0.15) is 0 Å². The lowest BCUT2D eigenvalue weighted by molar-refractivity contribution is -0.115. The summed E-state index contributed by atoms with van der Waals surface area (Å²) in [6.45, 7) is 1.91. The van der Waals surface area contributed by atoms with Gasteiger partial charge in [-0.3, -0.25) is 4.79 Å². The van der Waals surface area contributed by atoms with Crippen molar-refractivity contribution in [3.63, 3.8) is 0 Å². The van der Waals surface area contributed by atoms with Crippen molar-refractivity contribution in [2.45, 2.75) is 18.2 Å². The first-order valence-electron chi connectivity index (χ1n) is 5.21. The van der Waals surface area contributed by atoms with E-state index in [1.807, 2.05) is 6.92 Å². The van der Waals surface area contributed by atoms with Crippen molar-refractivity contribution in [3.05, 3.63) is 22.4 Å². The minimum atomic E-state index is -0.331. The molecule has 1 aromatic heterocycles. The Bertz CT molecular complexity index is 602. The van der Waals surface area contributed by atoms with Gasteiger partial charge in [0.15, 0.2) is 5.13 Å². The van der Waals surface area contributed by atoms with Gasteiger partial charge >= 0.3 is 0 Å². The zero-order valence-electron chi connectivity index (χ0n) is 9.34. The van der Waals surface area contributed by atoms with Crippen LogP contribution in [0, 0.1) is 5.82 Å². The fourth-order valence-corrected chi connectivity index (χ4v) is 3.07. The minimum Gasteiger partial charge on any atom is -0.301 e. The molecule has 96 valence electrons. The Hall–Kier alpha value is -0.530. The predicted molar refractivity (Wildman–Crippen MR) is 78.9 cm³/mol. The molecule has 2 aromatic rings. The lowest BCUT2D eigenvalue weighted by Crippen LogP contribution is -2.21. The molecule has 0 fully saturated rings. The Morgan fingerprint density at radius 3 is 3.00 bits per heavy atom. The van der Waals surface area contributed by atoms with E-state index in [0.29, 0.717) is 26.2 Å². The number of carbonyl (C=O) groups excluding carboxylic acids is 1. The van der Waals surface area contributed by atoms with Crippen LogP contribution in [0.5, 0.6) is 0 Å². The first-order valence-corrected chi connectivity index (χ1v) is 7.74. The smallest absolute Gasteiger partial charge is 0.239 e. The molecule has 7 heteroatoms. The highest BCUT2D eigenvalue weighted by Gasteiger charge is 2.15. The summed E-state index contributed by atoms with van der Waals surface area (Å²) in [7, 11) is 0. The molecule has 18 heavy (non-hydrogen) atoms. The highest BCUT2D eigenvalue weighted by atomic mass is 79.9. The van der Waals surface area contributed by atoms with Crippen molar-refractivity contribution in [3.8, 4) is 0 Å². The topological polar surface area (TPSA) is 42.0 Å². The van der Waals surface area contributed by atoms with Crippen LogP contribution in [-0.4, -0.2) is 15.7 Å². The number of alkyl halides is 1. The van der Waals surface area contributed by atoms with Crippen molar-refractivity contribution in [1.29, 1.82) is 0 Å². The van der Waals surface area contributed by atoms with Gasteiger partial charge in [0, 0.05) is 4.47 Å². The first kappa shape index (κ1) is 13.9. The molecule has 1 heterocycles. The summed E-state index contributed by atoms with van der Waals surface area (Å²) in [6, 6.07) is 2.76. The molecule has 0 aliphatic carbocycles. The predicted octanol–water partition coefficient (Wildman–Crippen LogP) is 4.31. The number of aromatic nitrogens is 1. The van der Waals surface area contributed by atoms with Crippen LogP contribution in [0.1, 0.15) is 13.3 Å². The standard InChI is InChI=1S/C11H9Br2FN2OS/c1-2-6(12)10(17)16-11-15-9-7(13)3-5(14)4-8(9)18-11/h3-4,6H,2H2,1H3,(H,15,16,17). The first-order chi connectivity index (χ1) is 8.51. The second-order valence-electron chi connectivity index (χ2n) is 3.62. The molecular formula is C11H9Br2FN2OS. The summed E-state index contributed by atoms with van der Waals surface area (Å²) in [5.74, 6) is -0.476. The lowest BCUT2D eigenvalue weighted by atomic mass is 10.3. The second-order valence-corrected chi connectivity index (χ2v) is 6.61. The third kappa shape index (κ3) is 2.89. The van der Waals surface area contributed by atoms with Gasteiger partial charge in [-0.05, 0) is 34.5 Å². The summed E-state index contributed by atoms with van der Waals surface area (Å²) in [5, 5.41) is 3.18. The molecule has 0 aliphatic rings. The number of amides is 1. The maximum absolute atomic E-state index is 13.2. The number of fused-ring (bicyclic) bond motifs is 1. The van der Waals surface area contributed by atoms with Crippen molar-refractivity contribution >= 4 is 64.5 Å². The fourth-order valence-electron chi connectivity index (χ4n) is 1.38. The molecule has 0 saturated heterocycles. The zero-order valence-corrected chi connectivity index (χ0v) is 13.3. The zero-order chi connectivity index (χ0) is 13.3. The van der Waals surface area contributed by atoms with Crippen LogP contribution in [0.2, 0.25) is 0 Å². The molecule has 2 rings (SSSR count). The van der Waals surface area contributed by atoms with Gasteiger partial charge in [-0.15, -0.1) is 0 Å². The third-order valence-electron chi connectivity index (χ3n) is 2.29. The Morgan fingerprint density at radius 1 is 1.61 bits per heavy atom. The Balaban J connectivity index is 2.31. The van der Waals surface area contributed by atoms with Crippen LogP contribution in [0.15, 0.2) is 16.6 Å². The van der Waals surface area contributed by atoms with Crippen LogP contribution in [0.4, 0.5) is 9.52 Å². The monoisotopic (exact) mass is 394 g/mol. The molecule has 0 radical (unpaired) electrons. The fraction of sp³-hybridized carbons (Fsp3) is 0.273. The number of rotatable bonds is 3. The average molecular weight is 396 g/mol. The Kier molecular flexibility index (Phi) is 4.34. The number of halogens is 3. The highest BCUT2D eigenvalue weighted by Crippen LogP contribution is 2.32. The van der Waals surface area contributed by atoms with E-state index < -0.39 is 0 Å². The largest absolute Gasteiger partial charge is 0.301 e. The van der Waals surface area contributed by atoms with E-state index >= 15 is 0 Å². The average Bonchev–Trinajstić information content (AvgIpc) is 2.70. The van der Waals surface area contributed by atoms with E-state index in [4.69, 9.17) is 0 Å². The molecule has 3 nitrogen and oxygen atoms in total. The number of hydrogen-bond acceptors (Lipinski definition) is 3. The third-order valence-corrected chi connectivity index (χ3v) is 4.87. The van der Waals surface area contributed by atoms with Gasteiger partial charge < -0.3 is 5.32 Å². The number of thiazole rings is 1. The summed E-state index contributed by atoms with van der Waals surface area (Å²) in [6.07, 6.45) is 0.690. The lowest BCUT2D eigenvalue weighted by Gasteiger charge is -2.04. The maximum atomic E-state index is 13.2. The van der Waals surface area contributed by atoms with E-state index in [0.717, 1.165) is 0 Å². The van der Waals surface area contributed by atoms with Gasteiger partial charge in [0.25, 0.3) is 0 Å². The summed E-state index contributed by atoms with van der Waals surface area (Å²) in [4.78, 5) is 15.7. The summed E-state index contributed by atoms with van der Waals surface area (Å²) in [5.41, 5.74) is 0.652. The number of anilines is 1. The van der Waals surface area contributed by atoms with E-state index in [1.165, 1.54) is 23.5 Å². The normalized spacial score (nSPS) is 12.7. The molecule has 0 aliphatic heterocycles. The van der Waals surface area contributed by atoms with Crippen LogP contribution in [-0.2, 0) is 4.79 Å². The van der Waals surface area contributed by atoms with E-state index in [9.17, 15) is 9.18 Å². The van der Waals surface area contributed by atoms with Crippen LogP contribution < -0.4 is 5.32 Å². The number of hydrogen-bond donors (Lipinski definition) is 1. The van der Waals surface area contributed by atoms with Gasteiger partial charge in [0.1, 0.15) is 5.82 Å². The molecular weight excluding hydrogens is 387 g/mol. The quantitative estimate of drug-likeness (QED) is 0.786. The molecule has 1 atom stereocenters. The van der Waals surface area contributed by atoms with Gasteiger partial charge in [-0.1, -0.05) is 34.2 Å². The van der Waals surface area contributed by atoms with Crippen LogP contribution in [0.3, 0.4) is 0 Å². The van der Waals surface area contributed by atoms with Crippen LogP contribution in [0.25, 0.3) is 10.2 Å². The Morgan fingerprint density at radius 2 is 2.33 bits per heavy atom. The van der Waals surface area contributed by atoms with Gasteiger partial charge in [0.2, 0.25) is 5.91 Å². The van der Waals surface area contributed by atoms with Crippen LogP contribution >= 0.6 is 43.2 Å². The van der Waals surface area contributed by atoms with E-state index in [-0.39, 0.29) is 16.6 Å². The summed E-state index contributed by atoms with van der Waals surface area (Å²) >= 11 is 7.77. The van der Waals surface area contributed by atoms with Gasteiger partial charge in [-0.25, -0.2) is 9.37 Å². The van der Waals surface area contributed by atoms with Crippen molar-refractivity contribution in [2.75, 3.05) is 5.32 Å². The molecule has 1 unspecified atom stereocenters. The molecule has 1 amide bonds. The SMILES string of the molecule is CCC(Br)C(=O)Nc1nc2c(Br)cc(F)cc2s1. The minimum absolute atomic E-state index is 0.145. The number of carbonyl (C=O) groups is 1. The number of benzene rings is 1. The number of nitrogens with zero attached hydrogens (tertiary/aromatic N) is 1. The van der Waals surface area contributed by atoms with E-state index in [2.05, 4.69) is 42.2 Å². The molecule has 0 saturated carbocycles. The molecule has 1 N–H and O–H groups in total. The van der Waals surface area contributed by atoms with Crippen molar-refractivity contribution < 1.29 is 9.18 Å². The maximum Gasteiger partial charge on any atom is 0.239 e. The van der Waals surface area contributed by atoms with E-state index in [1.54, 1.807) is 0 Å². The molecule has 0 spiro atoms. The molecule has 1 aromatic carbocycles. The molecule has 0 bridgehead atoms. The highest BCUT2D eigenvalue weighted by molar-refractivity contribution is 9.10. The summed E-state index contributed by atoms with van der Waals surface area (Å²) < 4.78 is 14.5. The van der Waals surface area contributed by atoms with Crippen molar-refractivity contribution in [2.24, 2.45) is 0 Å². The number of nitrogens with one attached hydrogen (secondary N) is 1. The van der Waals surface area contributed by atoms with Crippen molar-refractivity contribution in [1.82, 2.24) is 4.98 Å². The Labute approximate surface area is 124 Å². The van der Waals surface area contributed by atoms with Gasteiger partial charge in [0.05, 0.1) is 15.0 Å².